The van der Waals surface area contributed by atoms with Crippen LogP contribution in [0.25, 0.3) is 16.7 Å². The molecule has 2 aromatic heterocycles. The number of nitrogens with zero attached hydrogens (tertiary/aromatic N) is 5. The van der Waals surface area contributed by atoms with Gasteiger partial charge in [-0.3, -0.25) is 4.79 Å². The van der Waals surface area contributed by atoms with Crippen LogP contribution in [0, 0.1) is 5.92 Å². The summed E-state index contributed by atoms with van der Waals surface area (Å²) >= 11 is 0. The van der Waals surface area contributed by atoms with E-state index in [1.54, 1.807) is 48.3 Å². The second-order valence-corrected chi connectivity index (χ2v) is 11.2. The van der Waals surface area contributed by atoms with Crippen LogP contribution in [0.2, 0.25) is 0 Å². The number of nitrogens with one attached hydrogen (secondary N) is 1. The number of rotatable bonds is 5. The van der Waals surface area contributed by atoms with E-state index in [4.69, 9.17) is 14.5 Å². The van der Waals surface area contributed by atoms with Crippen LogP contribution < -0.4 is 14.8 Å². The molecule has 12 nitrogen and oxygen atoms in total. The van der Waals surface area contributed by atoms with Crippen molar-refractivity contribution in [1.82, 2.24) is 29.9 Å². The molecule has 1 saturated carbocycles. The number of carbonyl (C=O) groups excluding carboxylic acids is 2. The van der Waals surface area contributed by atoms with E-state index < -0.39 is 29.7 Å². The van der Waals surface area contributed by atoms with Gasteiger partial charge in [-0.05, 0) is 43.9 Å². The molecule has 220 valence electrons. The first kappa shape index (κ1) is 27.6. The molecule has 3 aromatic rings. The Bertz CT molecular complexity index is 1540. The Labute approximate surface area is 242 Å². The van der Waals surface area contributed by atoms with Gasteiger partial charge in [-0.25, -0.2) is 19.3 Å². The summed E-state index contributed by atoms with van der Waals surface area (Å²) in [5.41, 5.74) is -0.728. The van der Waals surface area contributed by atoms with Crippen molar-refractivity contribution in [3.05, 3.63) is 54.9 Å². The summed E-state index contributed by atoms with van der Waals surface area (Å²) in [6.07, 6.45) is 9.84. The number of methoxy groups -OCH3 is 1. The van der Waals surface area contributed by atoms with Crippen LogP contribution in [0.3, 0.4) is 0 Å². The molecule has 1 aromatic carbocycles. The molecule has 1 aliphatic carbocycles. The third-order valence-electron chi connectivity index (χ3n) is 8.39. The van der Waals surface area contributed by atoms with E-state index in [1.807, 2.05) is 30.4 Å². The van der Waals surface area contributed by atoms with Gasteiger partial charge in [0.05, 0.1) is 19.2 Å². The molecule has 42 heavy (non-hydrogen) atoms. The predicted molar refractivity (Wildman–Crippen MR) is 153 cm³/mol. The Kier molecular flexibility index (Phi) is 7.21. The highest BCUT2D eigenvalue weighted by molar-refractivity contribution is 5.93. The topological polar surface area (TPSA) is 139 Å². The van der Waals surface area contributed by atoms with Gasteiger partial charge in [-0.2, -0.15) is 5.10 Å². The molecule has 0 unspecified atom stereocenters. The van der Waals surface area contributed by atoms with Crippen molar-refractivity contribution in [2.75, 3.05) is 27.2 Å². The summed E-state index contributed by atoms with van der Waals surface area (Å²) in [5, 5.41) is 17.8. The van der Waals surface area contributed by atoms with E-state index in [-0.39, 0.29) is 24.8 Å². The zero-order chi connectivity index (χ0) is 29.4. The van der Waals surface area contributed by atoms with Gasteiger partial charge in [0.2, 0.25) is 5.91 Å². The number of aromatic nitrogens is 3. The molecule has 12 heteroatoms. The smallest absolute Gasteiger partial charge is 0.330 e. The molecule has 4 heterocycles. The molecule has 0 bridgehead atoms. The van der Waals surface area contributed by atoms with Crippen molar-refractivity contribution in [3.8, 4) is 17.3 Å². The first-order valence-electron chi connectivity index (χ1n) is 14.2. The van der Waals surface area contributed by atoms with Crippen LogP contribution in [0.15, 0.2) is 54.9 Å². The van der Waals surface area contributed by atoms with Gasteiger partial charge < -0.3 is 29.7 Å². The van der Waals surface area contributed by atoms with Crippen molar-refractivity contribution >= 4 is 28.8 Å². The lowest BCUT2D eigenvalue weighted by Gasteiger charge is -2.29. The number of amides is 3. The van der Waals surface area contributed by atoms with Crippen LogP contribution in [0.1, 0.15) is 32.1 Å². The maximum absolute atomic E-state index is 13.6. The van der Waals surface area contributed by atoms with Crippen molar-refractivity contribution in [1.29, 1.82) is 0 Å². The predicted octanol–water partition coefficient (Wildman–Crippen LogP) is 3.00. The van der Waals surface area contributed by atoms with Crippen molar-refractivity contribution in [2.24, 2.45) is 5.92 Å². The van der Waals surface area contributed by atoms with Gasteiger partial charge in [0.1, 0.15) is 29.2 Å². The van der Waals surface area contributed by atoms with E-state index in [0.717, 1.165) is 24.6 Å². The number of hydrogen-bond donors (Lipinski definition) is 2. The molecule has 2 N–H and O–H groups in total. The Morgan fingerprint density at radius 1 is 1.21 bits per heavy atom. The molecule has 3 amide bonds. The molecular weight excluding hydrogens is 540 g/mol. The Hall–Kier alpha value is -4.61. The number of carboxylic acids is 1. The fourth-order valence-electron chi connectivity index (χ4n) is 5.89. The molecule has 1 saturated heterocycles. The second-order valence-electron chi connectivity index (χ2n) is 11.2. The highest BCUT2D eigenvalue weighted by Crippen LogP contribution is 2.45. The molecule has 4 atom stereocenters. The number of carbonyl (C=O) groups is 3. The number of benzene rings is 1. The lowest BCUT2D eigenvalue weighted by Crippen LogP contribution is -2.55. The molecule has 2 fully saturated rings. The first-order valence-corrected chi connectivity index (χ1v) is 14.2. The zero-order valence-electron chi connectivity index (χ0n) is 23.6. The molecular formula is C30H34N6O6. The Balaban J connectivity index is 1.32. The van der Waals surface area contributed by atoms with E-state index in [0.29, 0.717) is 35.8 Å². The number of pyridine rings is 1. The maximum atomic E-state index is 13.6. The van der Waals surface area contributed by atoms with Gasteiger partial charge in [0, 0.05) is 55.8 Å². The molecule has 6 rings (SSSR count). The normalized spacial score (nSPS) is 27.0. The highest BCUT2D eigenvalue weighted by Gasteiger charge is 2.61. The van der Waals surface area contributed by atoms with E-state index in [1.165, 1.54) is 4.90 Å². The number of likely N-dealkylation sites (N-methyl/N-ethyl adjacent to an activating group) is 1. The SMILES string of the molecule is COc1ccc2c(O[C@H]3C[C@H]4C(=O)N(C)CCCC/C=C\[C@@H]5C[C@@]5(C(=O)O)NC(=O)N4C3)cc(-n3cccn3)nc2c1. The number of fused-ring (bicyclic) bond motifs is 3. The lowest BCUT2D eigenvalue weighted by atomic mass is 10.1. The van der Waals surface area contributed by atoms with Crippen LogP contribution in [0.5, 0.6) is 11.5 Å². The van der Waals surface area contributed by atoms with Crippen molar-refractivity contribution in [3.63, 3.8) is 0 Å². The third kappa shape index (κ3) is 5.12. The molecule has 2 aliphatic heterocycles. The summed E-state index contributed by atoms with van der Waals surface area (Å²) in [6.45, 7) is 0.681. The summed E-state index contributed by atoms with van der Waals surface area (Å²) in [5.74, 6) is 0.157. The summed E-state index contributed by atoms with van der Waals surface area (Å²) in [7, 11) is 3.32. The summed E-state index contributed by atoms with van der Waals surface area (Å²) < 4.78 is 13.5. The van der Waals surface area contributed by atoms with Gasteiger partial charge in [-0.1, -0.05) is 12.2 Å². The van der Waals surface area contributed by atoms with Gasteiger partial charge >= 0.3 is 12.0 Å². The second kappa shape index (κ2) is 11.0. The Morgan fingerprint density at radius 2 is 2.07 bits per heavy atom. The molecule has 0 spiro atoms. The minimum absolute atomic E-state index is 0.114. The molecule has 0 radical (unpaired) electrons. The Morgan fingerprint density at radius 3 is 2.83 bits per heavy atom. The number of hydrogen-bond acceptors (Lipinski definition) is 7. The lowest BCUT2D eigenvalue weighted by molar-refractivity contribution is -0.140. The average Bonchev–Trinajstić information content (AvgIpc) is 3.31. The summed E-state index contributed by atoms with van der Waals surface area (Å²) in [4.78, 5) is 47.3. The largest absolute Gasteiger partial charge is 0.497 e. The van der Waals surface area contributed by atoms with Gasteiger partial charge in [-0.15, -0.1) is 0 Å². The fourth-order valence-corrected chi connectivity index (χ4v) is 5.89. The van der Waals surface area contributed by atoms with E-state index in [9.17, 15) is 19.5 Å². The number of aliphatic carboxylic acids is 1. The van der Waals surface area contributed by atoms with Crippen molar-refractivity contribution < 1.29 is 29.0 Å². The van der Waals surface area contributed by atoms with Gasteiger partial charge in [0.25, 0.3) is 0 Å². The maximum Gasteiger partial charge on any atom is 0.330 e. The van der Waals surface area contributed by atoms with Crippen LogP contribution in [0.4, 0.5) is 4.79 Å². The standard InChI is InChI=1S/C30H34N6O6/c1-34-12-6-4-3-5-8-19-17-30(19,28(38)39)33-29(40)35-18-21(15-24(35)27(34)37)42-25-16-26(36-13-7-11-31-36)32-23-14-20(41-2)9-10-22(23)25/h5,7-11,13-14,16,19,21,24H,3-4,6,12,15,17-18H2,1-2H3,(H,33,40)(H,38,39)/b8-5-/t19-,21+,24+,30-/m1/s1. The van der Waals surface area contributed by atoms with Crippen LogP contribution >= 0.6 is 0 Å². The average molecular weight is 575 g/mol. The van der Waals surface area contributed by atoms with Crippen LogP contribution in [-0.4, -0.2) is 92.5 Å². The number of urea groups is 1. The highest BCUT2D eigenvalue weighted by atomic mass is 16.5. The van der Waals surface area contributed by atoms with E-state index in [2.05, 4.69) is 10.4 Å². The zero-order valence-corrected chi connectivity index (χ0v) is 23.6. The monoisotopic (exact) mass is 574 g/mol. The fraction of sp³-hybridized carbons (Fsp3) is 0.433. The van der Waals surface area contributed by atoms with Crippen LogP contribution in [-0.2, 0) is 9.59 Å². The number of allylic oxidation sites excluding steroid dienone is 1. The van der Waals surface area contributed by atoms with E-state index >= 15 is 0 Å². The number of carboxylic acid groups (broad SMARTS) is 1. The molecule has 3 aliphatic rings. The first-order chi connectivity index (χ1) is 20.3. The van der Waals surface area contributed by atoms with Crippen molar-refractivity contribution in [2.45, 2.75) is 49.8 Å². The summed E-state index contributed by atoms with van der Waals surface area (Å²) in [6, 6.07) is 7.69. The van der Waals surface area contributed by atoms with Gasteiger partial charge in [0.15, 0.2) is 5.82 Å². The minimum atomic E-state index is -1.37. The number of ether oxygens (including phenoxy) is 2. The third-order valence-corrected chi connectivity index (χ3v) is 8.39. The quantitative estimate of drug-likeness (QED) is 0.444. The minimum Gasteiger partial charge on any atom is -0.497 e.